The summed E-state index contributed by atoms with van der Waals surface area (Å²) in [7, 11) is 0. The molecule has 25 heavy (non-hydrogen) atoms. The fraction of sp³-hybridized carbons (Fsp3) is 0.800. The molecule has 10 heteroatoms. The molecule has 0 saturated heterocycles. The van der Waals surface area contributed by atoms with E-state index < -0.39 is 18.0 Å². The number of nitrogens with two attached hydrogens (primary N) is 1. The maximum atomic E-state index is 12.9. The zero-order chi connectivity index (χ0) is 19.2. The molecule has 0 aliphatic heterocycles. The van der Waals surface area contributed by atoms with Crippen molar-refractivity contribution >= 4 is 17.7 Å². The van der Waals surface area contributed by atoms with Crippen molar-refractivity contribution in [2.24, 2.45) is 5.73 Å². The number of nitrogens with zero attached hydrogens (tertiary/aromatic N) is 2. The number of alkyl halides is 1. The Hall–Kier alpha value is -1.78. The second-order valence-corrected chi connectivity index (χ2v) is 5.69. The second kappa shape index (κ2) is 13.5. The quantitative estimate of drug-likeness (QED) is 0.209. The van der Waals surface area contributed by atoms with E-state index in [1.54, 1.807) is 0 Å². The van der Waals surface area contributed by atoms with Gasteiger partial charge in [-0.05, 0) is 25.7 Å². The average molecular weight is 364 g/mol. The van der Waals surface area contributed by atoms with Crippen molar-refractivity contribution in [1.29, 1.82) is 0 Å². The van der Waals surface area contributed by atoms with Gasteiger partial charge in [-0.2, -0.15) is 0 Å². The highest BCUT2D eigenvalue weighted by molar-refractivity contribution is 5.83. The van der Waals surface area contributed by atoms with E-state index >= 15 is 0 Å². The van der Waals surface area contributed by atoms with Crippen LogP contribution in [0.5, 0.6) is 0 Å². The van der Waals surface area contributed by atoms with E-state index in [9.17, 15) is 24.0 Å². The van der Waals surface area contributed by atoms with Crippen molar-refractivity contribution in [2.45, 2.75) is 51.6 Å². The van der Waals surface area contributed by atoms with Crippen molar-refractivity contribution in [3.63, 3.8) is 0 Å². The number of carbonyl (C=O) groups excluding carboxylic acids is 3. The Bertz CT molecular complexity index is 425. The highest BCUT2D eigenvalue weighted by Gasteiger charge is 2.14. The normalized spacial score (nSPS) is 11.7. The largest absolute Gasteiger partial charge is 0.356 e. The Labute approximate surface area is 146 Å². The van der Waals surface area contributed by atoms with Gasteiger partial charge in [-0.25, -0.2) is 14.5 Å². The van der Waals surface area contributed by atoms with Crippen LogP contribution < -0.4 is 11.1 Å². The van der Waals surface area contributed by atoms with Gasteiger partial charge in [0.25, 0.3) is 0 Å². The minimum absolute atomic E-state index is 0.0557. The number of unbranched alkanes of at least 4 members (excludes halogenated alkanes) is 2. The second-order valence-electron chi connectivity index (χ2n) is 5.69. The van der Waals surface area contributed by atoms with Crippen molar-refractivity contribution in [3.8, 4) is 0 Å². The van der Waals surface area contributed by atoms with E-state index in [4.69, 9.17) is 10.9 Å². The zero-order valence-corrected chi connectivity index (χ0v) is 14.6. The molecule has 1 atom stereocenters. The zero-order valence-electron chi connectivity index (χ0n) is 14.6. The standard InChI is InChI=1S/C15H29FN4O5/c1-12(21)19(24)9-4-2-3-8-18-14(22)5-6-15(23)20(25)10-7-13(16)11-17/h13,24-25H,2-11,17H2,1H3,(H,18,22). The van der Waals surface area contributed by atoms with Crippen LogP contribution in [0.3, 0.4) is 0 Å². The molecule has 5 N–H and O–H groups in total. The maximum Gasteiger partial charge on any atom is 0.246 e. The molecule has 0 aromatic rings. The van der Waals surface area contributed by atoms with Gasteiger partial charge in [-0.15, -0.1) is 0 Å². The molecule has 146 valence electrons. The molecule has 0 radical (unpaired) electrons. The third-order valence-electron chi connectivity index (χ3n) is 3.50. The first-order valence-corrected chi connectivity index (χ1v) is 8.35. The van der Waals surface area contributed by atoms with E-state index in [2.05, 4.69) is 5.32 Å². The molecule has 9 nitrogen and oxygen atoms in total. The van der Waals surface area contributed by atoms with E-state index in [1.807, 2.05) is 0 Å². The molecule has 0 spiro atoms. The molecular weight excluding hydrogens is 335 g/mol. The Morgan fingerprint density at radius 3 is 2.36 bits per heavy atom. The predicted molar refractivity (Wildman–Crippen MR) is 87.3 cm³/mol. The van der Waals surface area contributed by atoms with Crippen molar-refractivity contribution in [2.75, 3.05) is 26.2 Å². The molecule has 0 heterocycles. The summed E-state index contributed by atoms with van der Waals surface area (Å²) in [6.45, 7) is 1.59. The van der Waals surface area contributed by atoms with Gasteiger partial charge in [0.1, 0.15) is 6.17 Å². The van der Waals surface area contributed by atoms with Gasteiger partial charge >= 0.3 is 0 Å². The first kappa shape index (κ1) is 23.2. The lowest BCUT2D eigenvalue weighted by Gasteiger charge is -2.15. The number of hydrogen-bond donors (Lipinski definition) is 4. The summed E-state index contributed by atoms with van der Waals surface area (Å²) in [6, 6.07) is 0. The maximum absolute atomic E-state index is 12.9. The number of amides is 3. The van der Waals surface area contributed by atoms with Gasteiger partial charge in [0.15, 0.2) is 0 Å². The molecule has 0 aliphatic carbocycles. The fourth-order valence-electron chi connectivity index (χ4n) is 1.89. The monoisotopic (exact) mass is 364 g/mol. The predicted octanol–water partition coefficient (Wildman–Crippen LogP) is 0.196. The minimum atomic E-state index is -1.28. The molecule has 0 saturated carbocycles. The lowest BCUT2D eigenvalue weighted by atomic mass is 10.2. The minimum Gasteiger partial charge on any atom is -0.356 e. The molecule has 0 fully saturated rings. The Balaban J connectivity index is 3.69. The van der Waals surface area contributed by atoms with Crippen LogP contribution in [0.15, 0.2) is 0 Å². The molecule has 0 rings (SSSR count). The van der Waals surface area contributed by atoms with Gasteiger partial charge in [-0.1, -0.05) is 0 Å². The van der Waals surface area contributed by atoms with E-state index in [-0.39, 0.29) is 44.8 Å². The van der Waals surface area contributed by atoms with Crippen LogP contribution in [0.1, 0.15) is 45.4 Å². The lowest BCUT2D eigenvalue weighted by molar-refractivity contribution is -0.166. The molecule has 0 bridgehead atoms. The lowest BCUT2D eigenvalue weighted by Crippen LogP contribution is -2.32. The highest BCUT2D eigenvalue weighted by atomic mass is 19.1. The summed E-state index contributed by atoms with van der Waals surface area (Å²) in [5.41, 5.74) is 5.09. The van der Waals surface area contributed by atoms with Crippen LogP contribution >= 0.6 is 0 Å². The fourth-order valence-corrected chi connectivity index (χ4v) is 1.89. The van der Waals surface area contributed by atoms with Crippen molar-refractivity contribution in [3.05, 3.63) is 0 Å². The van der Waals surface area contributed by atoms with Crippen LogP contribution in [0, 0.1) is 0 Å². The van der Waals surface area contributed by atoms with Gasteiger partial charge in [0.05, 0.1) is 6.54 Å². The molecular formula is C15H29FN4O5. The number of carbonyl (C=O) groups is 3. The SMILES string of the molecule is CC(=O)N(O)CCCCCNC(=O)CCC(=O)N(O)CCC(F)CN. The number of hydrogen-bond acceptors (Lipinski definition) is 6. The molecule has 3 amide bonds. The third-order valence-corrected chi connectivity index (χ3v) is 3.50. The van der Waals surface area contributed by atoms with Crippen LogP contribution in [0.4, 0.5) is 4.39 Å². The van der Waals surface area contributed by atoms with Crippen LogP contribution in [0.25, 0.3) is 0 Å². The van der Waals surface area contributed by atoms with Crippen molar-refractivity contribution in [1.82, 2.24) is 15.4 Å². The van der Waals surface area contributed by atoms with Crippen molar-refractivity contribution < 1.29 is 29.2 Å². The van der Waals surface area contributed by atoms with E-state index in [1.165, 1.54) is 6.92 Å². The smallest absolute Gasteiger partial charge is 0.246 e. The summed E-state index contributed by atoms with van der Waals surface area (Å²) >= 11 is 0. The van der Waals surface area contributed by atoms with E-state index in [0.717, 1.165) is 6.42 Å². The van der Waals surface area contributed by atoms with E-state index in [0.29, 0.717) is 29.5 Å². The summed E-state index contributed by atoms with van der Waals surface area (Å²) in [4.78, 5) is 33.9. The number of rotatable bonds is 13. The van der Waals surface area contributed by atoms with Crippen LogP contribution in [-0.4, -0.2) is 70.6 Å². The Kier molecular flexibility index (Phi) is 12.5. The van der Waals surface area contributed by atoms with Crippen LogP contribution in [0.2, 0.25) is 0 Å². The average Bonchev–Trinajstić information content (AvgIpc) is 2.59. The summed E-state index contributed by atoms with van der Waals surface area (Å²) in [5.74, 6) is -1.38. The molecule has 0 aromatic heterocycles. The third kappa shape index (κ3) is 12.3. The van der Waals surface area contributed by atoms with Gasteiger partial charge in [0.2, 0.25) is 17.7 Å². The Morgan fingerprint density at radius 2 is 1.76 bits per heavy atom. The van der Waals surface area contributed by atoms with Gasteiger partial charge in [-0.3, -0.25) is 24.8 Å². The summed E-state index contributed by atoms with van der Waals surface area (Å²) in [6.07, 6.45) is 0.440. The number of hydroxylamine groups is 4. The van der Waals surface area contributed by atoms with Crippen LogP contribution in [-0.2, 0) is 14.4 Å². The first-order valence-electron chi connectivity index (χ1n) is 8.35. The highest BCUT2D eigenvalue weighted by Crippen LogP contribution is 2.01. The Morgan fingerprint density at radius 1 is 1.08 bits per heavy atom. The van der Waals surface area contributed by atoms with Gasteiger partial charge in [0, 0.05) is 39.4 Å². The topological polar surface area (TPSA) is 136 Å². The molecule has 0 aliphatic rings. The van der Waals surface area contributed by atoms with Gasteiger partial charge < -0.3 is 11.1 Å². The number of nitrogens with one attached hydrogen (secondary N) is 1. The summed E-state index contributed by atoms with van der Waals surface area (Å²) in [5, 5.41) is 22.3. The molecule has 1 unspecified atom stereocenters. The molecule has 0 aromatic carbocycles. The number of halogens is 1. The summed E-state index contributed by atoms with van der Waals surface area (Å²) < 4.78 is 12.9. The first-order chi connectivity index (χ1) is 11.8.